The number of esters is 2. The maximum atomic E-state index is 12.2. The first-order valence-corrected chi connectivity index (χ1v) is 9.90. The summed E-state index contributed by atoms with van der Waals surface area (Å²) in [6.07, 6.45) is 3.05. The van der Waals surface area contributed by atoms with Crippen molar-refractivity contribution in [2.45, 2.75) is 52.6 Å². The fourth-order valence-corrected chi connectivity index (χ4v) is 3.80. The van der Waals surface area contributed by atoms with Gasteiger partial charge in [0.25, 0.3) is 0 Å². The van der Waals surface area contributed by atoms with Crippen molar-refractivity contribution in [3.63, 3.8) is 0 Å². The highest BCUT2D eigenvalue weighted by Crippen LogP contribution is 2.35. The molecule has 0 aromatic heterocycles. The number of benzene rings is 1. The lowest BCUT2D eigenvalue weighted by molar-refractivity contribution is -0.166. The van der Waals surface area contributed by atoms with Crippen LogP contribution in [0.5, 0.6) is 11.5 Å². The van der Waals surface area contributed by atoms with Crippen molar-refractivity contribution in [1.29, 1.82) is 0 Å². The van der Waals surface area contributed by atoms with Crippen molar-refractivity contribution in [3.8, 4) is 11.5 Å². The Morgan fingerprint density at radius 1 is 1.07 bits per heavy atom. The van der Waals surface area contributed by atoms with Gasteiger partial charge in [0.15, 0.2) is 18.1 Å². The van der Waals surface area contributed by atoms with Crippen LogP contribution in [0.15, 0.2) is 18.2 Å². The van der Waals surface area contributed by atoms with Gasteiger partial charge < -0.3 is 18.9 Å². The third-order valence-corrected chi connectivity index (χ3v) is 5.39. The molecule has 6 nitrogen and oxygen atoms in total. The highest BCUT2D eigenvalue weighted by Gasteiger charge is 2.33. The highest BCUT2D eigenvalue weighted by atomic mass is 16.6. The molecule has 0 aliphatic heterocycles. The van der Waals surface area contributed by atoms with Gasteiger partial charge in [-0.3, -0.25) is 4.79 Å². The first kappa shape index (κ1) is 22.1. The summed E-state index contributed by atoms with van der Waals surface area (Å²) in [7, 11) is 3.08. The quantitative estimate of drug-likeness (QED) is 0.627. The zero-order chi connectivity index (χ0) is 20.7. The van der Waals surface area contributed by atoms with Crippen LogP contribution in [-0.2, 0) is 25.5 Å². The van der Waals surface area contributed by atoms with Crippen molar-refractivity contribution in [2.75, 3.05) is 20.8 Å². The van der Waals surface area contributed by atoms with Crippen molar-refractivity contribution >= 4 is 11.9 Å². The minimum atomic E-state index is -0.485. The lowest BCUT2D eigenvalue weighted by atomic mass is 9.75. The highest BCUT2D eigenvalue weighted by molar-refractivity contribution is 5.78. The molecule has 0 amide bonds. The lowest BCUT2D eigenvalue weighted by Gasteiger charge is -2.36. The van der Waals surface area contributed by atoms with Gasteiger partial charge >= 0.3 is 11.9 Å². The van der Waals surface area contributed by atoms with E-state index in [4.69, 9.17) is 18.9 Å². The van der Waals surface area contributed by atoms with Gasteiger partial charge in [0, 0.05) is 0 Å². The molecular formula is C22H32O6. The summed E-state index contributed by atoms with van der Waals surface area (Å²) in [5.74, 6) is 1.52. The van der Waals surface area contributed by atoms with Crippen LogP contribution in [0.4, 0.5) is 0 Å². The zero-order valence-electron chi connectivity index (χ0n) is 17.5. The number of hydrogen-bond donors (Lipinski definition) is 0. The predicted octanol–water partition coefficient (Wildman–Crippen LogP) is 3.79. The number of methoxy groups -OCH3 is 2. The molecule has 2 rings (SSSR count). The van der Waals surface area contributed by atoms with Gasteiger partial charge in [-0.2, -0.15) is 0 Å². The van der Waals surface area contributed by atoms with Gasteiger partial charge in [0.1, 0.15) is 6.10 Å². The van der Waals surface area contributed by atoms with Crippen LogP contribution in [0.2, 0.25) is 0 Å². The fraction of sp³-hybridized carbons (Fsp3) is 0.636. The lowest BCUT2D eigenvalue weighted by Crippen LogP contribution is -2.36. The van der Waals surface area contributed by atoms with Crippen molar-refractivity contribution < 1.29 is 28.5 Å². The molecule has 1 aliphatic carbocycles. The molecule has 1 saturated carbocycles. The summed E-state index contributed by atoms with van der Waals surface area (Å²) >= 11 is 0. The van der Waals surface area contributed by atoms with Gasteiger partial charge in [-0.25, -0.2) is 4.79 Å². The van der Waals surface area contributed by atoms with E-state index in [1.807, 2.05) is 0 Å². The number of hydrogen-bond acceptors (Lipinski definition) is 6. The van der Waals surface area contributed by atoms with Crippen LogP contribution in [-0.4, -0.2) is 38.9 Å². The average Bonchev–Trinajstić information content (AvgIpc) is 2.66. The second-order valence-electron chi connectivity index (χ2n) is 7.88. The summed E-state index contributed by atoms with van der Waals surface area (Å²) in [5.41, 5.74) is 0.719. The van der Waals surface area contributed by atoms with E-state index in [9.17, 15) is 9.59 Å². The van der Waals surface area contributed by atoms with E-state index < -0.39 is 11.9 Å². The van der Waals surface area contributed by atoms with Crippen LogP contribution in [0.25, 0.3) is 0 Å². The molecule has 1 fully saturated rings. The minimum Gasteiger partial charge on any atom is -0.493 e. The monoisotopic (exact) mass is 392 g/mol. The normalized spacial score (nSPS) is 21.9. The van der Waals surface area contributed by atoms with E-state index in [0.29, 0.717) is 29.3 Å². The van der Waals surface area contributed by atoms with E-state index in [-0.39, 0.29) is 19.1 Å². The smallest absolute Gasteiger partial charge is 0.344 e. The third kappa shape index (κ3) is 6.14. The molecule has 1 aromatic carbocycles. The Kier molecular flexibility index (Phi) is 8.15. The maximum absolute atomic E-state index is 12.2. The molecule has 156 valence electrons. The van der Waals surface area contributed by atoms with Gasteiger partial charge in [0.05, 0.1) is 20.6 Å². The second kappa shape index (κ2) is 10.3. The molecule has 0 N–H and O–H groups in total. The predicted molar refractivity (Wildman–Crippen MR) is 105 cm³/mol. The standard InChI is InChI=1S/C22H32O6/c1-14(2)17-8-6-15(3)10-19(17)28-22(24)13-27-21(23)12-16-7-9-18(25-4)20(11-16)26-5/h7,9,11,14-15,17,19H,6,8,10,12-13H2,1-5H3/t15-,17+,19+/m0/s1. The molecule has 1 aromatic rings. The van der Waals surface area contributed by atoms with Crippen molar-refractivity contribution in [2.24, 2.45) is 17.8 Å². The molecule has 0 radical (unpaired) electrons. The van der Waals surface area contributed by atoms with Crippen LogP contribution < -0.4 is 9.47 Å². The third-order valence-electron chi connectivity index (χ3n) is 5.39. The van der Waals surface area contributed by atoms with E-state index in [1.165, 1.54) is 7.11 Å². The van der Waals surface area contributed by atoms with E-state index in [1.54, 1.807) is 25.3 Å². The number of ether oxygens (including phenoxy) is 4. The van der Waals surface area contributed by atoms with E-state index >= 15 is 0 Å². The number of carbonyl (C=O) groups is 2. The SMILES string of the molecule is COc1ccc(CC(=O)OCC(=O)O[C@@H]2C[C@@H](C)CC[C@@H]2C(C)C)cc1OC. The fourth-order valence-electron chi connectivity index (χ4n) is 3.80. The van der Waals surface area contributed by atoms with Gasteiger partial charge in [-0.1, -0.05) is 33.3 Å². The maximum Gasteiger partial charge on any atom is 0.344 e. The molecule has 0 spiro atoms. The largest absolute Gasteiger partial charge is 0.493 e. The molecule has 28 heavy (non-hydrogen) atoms. The van der Waals surface area contributed by atoms with Crippen LogP contribution in [0, 0.1) is 17.8 Å². The van der Waals surface area contributed by atoms with Crippen molar-refractivity contribution in [1.82, 2.24) is 0 Å². The molecule has 0 bridgehead atoms. The van der Waals surface area contributed by atoms with Crippen LogP contribution in [0.3, 0.4) is 0 Å². The number of carbonyl (C=O) groups excluding carboxylic acids is 2. The first-order valence-electron chi connectivity index (χ1n) is 9.90. The van der Waals surface area contributed by atoms with E-state index in [2.05, 4.69) is 20.8 Å². The first-order chi connectivity index (χ1) is 13.3. The molecule has 0 unspecified atom stereocenters. The Bertz CT molecular complexity index is 669. The minimum absolute atomic E-state index is 0.0444. The topological polar surface area (TPSA) is 71.1 Å². The summed E-state index contributed by atoms with van der Waals surface area (Å²) < 4.78 is 21.2. The Hall–Kier alpha value is -2.24. The summed E-state index contributed by atoms with van der Waals surface area (Å²) in [4.78, 5) is 24.3. The Morgan fingerprint density at radius 2 is 1.79 bits per heavy atom. The van der Waals surface area contributed by atoms with Crippen molar-refractivity contribution in [3.05, 3.63) is 23.8 Å². The average molecular weight is 392 g/mol. The Balaban J connectivity index is 1.84. The molecular weight excluding hydrogens is 360 g/mol. The molecule has 0 saturated heterocycles. The summed E-state index contributed by atoms with van der Waals surface area (Å²) in [5, 5.41) is 0. The summed E-state index contributed by atoms with van der Waals surface area (Å²) in [6, 6.07) is 5.21. The molecule has 3 atom stereocenters. The molecule has 1 aliphatic rings. The molecule has 6 heteroatoms. The van der Waals surface area contributed by atoms with E-state index in [0.717, 1.165) is 24.8 Å². The molecule has 0 heterocycles. The second-order valence-corrected chi connectivity index (χ2v) is 7.88. The van der Waals surface area contributed by atoms with Crippen LogP contribution >= 0.6 is 0 Å². The number of rotatable bonds is 8. The van der Waals surface area contributed by atoms with Gasteiger partial charge in [0.2, 0.25) is 0 Å². The zero-order valence-corrected chi connectivity index (χ0v) is 17.5. The Morgan fingerprint density at radius 3 is 2.43 bits per heavy atom. The van der Waals surface area contributed by atoms with Gasteiger partial charge in [-0.15, -0.1) is 0 Å². The Labute approximate surface area is 167 Å². The summed E-state index contributed by atoms with van der Waals surface area (Å²) in [6.45, 7) is 6.14. The van der Waals surface area contributed by atoms with Gasteiger partial charge in [-0.05, 0) is 48.3 Å². The van der Waals surface area contributed by atoms with Crippen LogP contribution in [0.1, 0.15) is 45.6 Å².